The van der Waals surface area contributed by atoms with Crippen LogP contribution in [0.2, 0.25) is 0 Å². The predicted octanol–water partition coefficient (Wildman–Crippen LogP) is 3.19. The smallest absolute Gasteiger partial charge is 0.205 e. The minimum absolute atomic E-state index is 0.352. The molecule has 0 fully saturated rings. The fraction of sp³-hybridized carbons (Fsp3) is 0.318. The molecule has 1 unspecified atom stereocenters. The normalized spacial score (nSPS) is 12.2. The van der Waals surface area contributed by atoms with Crippen molar-refractivity contribution < 1.29 is 0 Å². The molecule has 154 valence electrons. The first-order valence-electron chi connectivity index (χ1n) is 10.3. The first-order chi connectivity index (χ1) is 14.7. The highest BCUT2D eigenvalue weighted by Gasteiger charge is 2.16. The van der Waals surface area contributed by atoms with E-state index >= 15 is 0 Å². The molecule has 2 aromatic carbocycles. The van der Waals surface area contributed by atoms with Crippen LogP contribution in [-0.2, 0) is 13.0 Å². The van der Waals surface area contributed by atoms with Gasteiger partial charge in [0, 0.05) is 17.9 Å². The molecule has 0 saturated heterocycles. The predicted molar refractivity (Wildman–Crippen MR) is 116 cm³/mol. The minimum Gasteiger partial charge on any atom is -0.330 e. The zero-order valence-corrected chi connectivity index (χ0v) is 17.3. The van der Waals surface area contributed by atoms with Crippen molar-refractivity contribution in [2.24, 2.45) is 5.73 Å². The molecule has 2 heterocycles. The summed E-state index contributed by atoms with van der Waals surface area (Å²) < 4.78 is 2.02. The number of hydrogen-bond donors (Lipinski definition) is 2. The van der Waals surface area contributed by atoms with Gasteiger partial charge in [0.05, 0.1) is 6.54 Å². The molecule has 0 spiro atoms. The Hall–Kier alpha value is -3.39. The number of tetrazole rings is 1. The van der Waals surface area contributed by atoms with Crippen LogP contribution < -0.4 is 5.73 Å². The Bertz CT molecular complexity index is 1080. The van der Waals surface area contributed by atoms with Gasteiger partial charge < -0.3 is 5.73 Å². The van der Waals surface area contributed by atoms with Gasteiger partial charge in [-0.05, 0) is 34.9 Å². The molecule has 3 N–H and O–H groups in total. The van der Waals surface area contributed by atoms with Crippen molar-refractivity contribution in [1.29, 1.82) is 0 Å². The fourth-order valence-corrected chi connectivity index (χ4v) is 3.47. The monoisotopic (exact) mass is 402 g/mol. The number of aromatic amines is 1. The van der Waals surface area contributed by atoms with Crippen LogP contribution in [0.5, 0.6) is 0 Å². The lowest BCUT2D eigenvalue weighted by atomic mass is 9.98. The second-order valence-corrected chi connectivity index (χ2v) is 7.37. The van der Waals surface area contributed by atoms with Crippen molar-refractivity contribution in [2.75, 3.05) is 6.54 Å². The fourth-order valence-electron chi connectivity index (χ4n) is 3.47. The zero-order chi connectivity index (χ0) is 20.9. The molecule has 4 aromatic rings. The van der Waals surface area contributed by atoms with E-state index in [1.807, 2.05) is 22.9 Å². The lowest BCUT2D eigenvalue weighted by molar-refractivity contribution is 0.575. The SMILES string of the molecule is CCC(C)c1nc(CCN)nn1Cc1ccc(-c2ccccc2-c2nn[nH]n2)cc1. The van der Waals surface area contributed by atoms with Crippen molar-refractivity contribution in [1.82, 2.24) is 35.4 Å². The van der Waals surface area contributed by atoms with E-state index in [9.17, 15) is 0 Å². The van der Waals surface area contributed by atoms with Crippen LogP contribution in [0.25, 0.3) is 22.5 Å². The van der Waals surface area contributed by atoms with Gasteiger partial charge >= 0.3 is 0 Å². The highest BCUT2D eigenvalue weighted by Crippen LogP contribution is 2.30. The Morgan fingerprint density at radius 2 is 1.83 bits per heavy atom. The number of rotatable bonds is 8. The van der Waals surface area contributed by atoms with E-state index in [0.717, 1.165) is 34.8 Å². The number of H-pyrrole nitrogens is 1. The van der Waals surface area contributed by atoms with Crippen LogP contribution in [0.15, 0.2) is 48.5 Å². The van der Waals surface area contributed by atoms with Gasteiger partial charge in [-0.15, -0.1) is 10.2 Å². The van der Waals surface area contributed by atoms with Crippen LogP contribution in [0.4, 0.5) is 0 Å². The maximum atomic E-state index is 5.70. The average molecular weight is 403 g/mol. The number of nitrogens with one attached hydrogen (secondary N) is 1. The van der Waals surface area contributed by atoms with Crippen LogP contribution in [0, 0.1) is 0 Å². The Labute approximate surface area is 175 Å². The van der Waals surface area contributed by atoms with Crippen LogP contribution in [0.3, 0.4) is 0 Å². The van der Waals surface area contributed by atoms with Gasteiger partial charge in [0.15, 0.2) is 5.82 Å². The summed E-state index contributed by atoms with van der Waals surface area (Å²) in [6.45, 7) is 5.59. The summed E-state index contributed by atoms with van der Waals surface area (Å²) in [7, 11) is 0. The second-order valence-electron chi connectivity index (χ2n) is 7.37. The summed E-state index contributed by atoms with van der Waals surface area (Å²) in [5.41, 5.74) is 9.98. The van der Waals surface area contributed by atoms with Gasteiger partial charge in [0.1, 0.15) is 5.82 Å². The minimum atomic E-state index is 0.352. The Balaban J connectivity index is 1.60. The molecule has 0 aliphatic rings. The van der Waals surface area contributed by atoms with Crippen molar-refractivity contribution in [3.8, 4) is 22.5 Å². The summed E-state index contributed by atoms with van der Waals surface area (Å²) in [6.07, 6.45) is 1.72. The third-order valence-corrected chi connectivity index (χ3v) is 5.28. The number of benzene rings is 2. The number of aromatic nitrogens is 7. The van der Waals surface area contributed by atoms with Gasteiger partial charge in [0.2, 0.25) is 5.82 Å². The molecule has 4 rings (SSSR count). The molecule has 0 bridgehead atoms. The molecule has 2 aromatic heterocycles. The molecular weight excluding hydrogens is 376 g/mol. The summed E-state index contributed by atoms with van der Waals surface area (Å²) >= 11 is 0. The molecule has 8 heteroatoms. The Morgan fingerprint density at radius 3 is 2.50 bits per heavy atom. The topological polar surface area (TPSA) is 111 Å². The molecule has 0 aliphatic carbocycles. The van der Waals surface area contributed by atoms with E-state index in [2.05, 4.69) is 64.8 Å². The summed E-state index contributed by atoms with van der Waals surface area (Å²) in [6, 6.07) is 16.6. The van der Waals surface area contributed by atoms with Crippen molar-refractivity contribution in [3.63, 3.8) is 0 Å². The standard InChI is InChI=1S/C22H26N8/c1-3-15(2)22-24-20(12-13-23)27-30(22)14-16-8-10-17(11-9-16)18-6-4-5-7-19(18)21-25-28-29-26-21/h4-11,15H,3,12-14,23H2,1-2H3,(H,25,26,28,29). The second kappa shape index (κ2) is 8.96. The summed E-state index contributed by atoms with van der Waals surface area (Å²) in [5, 5.41) is 19.1. The van der Waals surface area contributed by atoms with E-state index in [-0.39, 0.29) is 0 Å². The zero-order valence-electron chi connectivity index (χ0n) is 17.3. The van der Waals surface area contributed by atoms with Gasteiger partial charge in [-0.1, -0.05) is 62.4 Å². The van der Waals surface area contributed by atoms with Crippen LogP contribution in [-0.4, -0.2) is 41.9 Å². The van der Waals surface area contributed by atoms with Gasteiger partial charge in [-0.3, -0.25) is 0 Å². The van der Waals surface area contributed by atoms with Crippen molar-refractivity contribution in [2.45, 2.75) is 39.2 Å². The van der Waals surface area contributed by atoms with E-state index in [0.29, 0.717) is 31.3 Å². The number of hydrogen-bond acceptors (Lipinski definition) is 6. The average Bonchev–Trinajstić information content (AvgIpc) is 3.45. The third kappa shape index (κ3) is 4.13. The third-order valence-electron chi connectivity index (χ3n) is 5.28. The van der Waals surface area contributed by atoms with E-state index in [1.165, 1.54) is 5.56 Å². The van der Waals surface area contributed by atoms with Crippen LogP contribution in [0.1, 0.15) is 43.4 Å². The highest BCUT2D eigenvalue weighted by atomic mass is 15.5. The Kier molecular flexibility index (Phi) is 5.94. The molecule has 0 radical (unpaired) electrons. The first-order valence-corrected chi connectivity index (χ1v) is 10.3. The molecule has 1 atom stereocenters. The van der Waals surface area contributed by atoms with E-state index in [4.69, 9.17) is 15.8 Å². The molecule has 0 saturated carbocycles. The van der Waals surface area contributed by atoms with E-state index < -0.39 is 0 Å². The maximum Gasteiger partial charge on any atom is 0.205 e. The van der Waals surface area contributed by atoms with Gasteiger partial charge in [-0.2, -0.15) is 10.3 Å². The largest absolute Gasteiger partial charge is 0.330 e. The lowest BCUT2D eigenvalue weighted by Crippen LogP contribution is -2.09. The molecular formula is C22H26N8. The Morgan fingerprint density at radius 1 is 1.07 bits per heavy atom. The summed E-state index contributed by atoms with van der Waals surface area (Å²) in [4.78, 5) is 4.72. The number of nitrogens with two attached hydrogens (primary N) is 1. The van der Waals surface area contributed by atoms with Crippen molar-refractivity contribution in [3.05, 3.63) is 65.7 Å². The molecule has 30 heavy (non-hydrogen) atoms. The first kappa shape index (κ1) is 19.9. The molecule has 0 aliphatic heterocycles. The van der Waals surface area contributed by atoms with Gasteiger partial charge in [-0.25, -0.2) is 9.67 Å². The van der Waals surface area contributed by atoms with Gasteiger partial charge in [0.25, 0.3) is 0 Å². The van der Waals surface area contributed by atoms with Crippen LogP contribution >= 0.6 is 0 Å². The molecule has 8 nitrogen and oxygen atoms in total. The van der Waals surface area contributed by atoms with Crippen molar-refractivity contribution >= 4 is 0 Å². The van der Waals surface area contributed by atoms with E-state index in [1.54, 1.807) is 0 Å². The molecule has 0 amide bonds. The quantitative estimate of drug-likeness (QED) is 0.468. The maximum absolute atomic E-state index is 5.70. The highest BCUT2D eigenvalue weighted by molar-refractivity contribution is 5.80. The summed E-state index contributed by atoms with van der Waals surface area (Å²) in [5.74, 6) is 2.78. The lowest BCUT2D eigenvalue weighted by Gasteiger charge is -2.11. The number of nitrogens with zero attached hydrogens (tertiary/aromatic N) is 6.